The second kappa shape index (κ2) is 6.45. The van der Waals surface area contributed by atoms with Crippen molar-refractivity contribution in [1.82, 2.24) is 0 Å². The van der Waals surface area contributed by atoms with Crippen LogP contribution in [0.4, 0.5) is 0 Å². The van der Waals surface area contributed by atoms with Crippen molar-refractivity contribution in [3.05, 3.63) is 59.2 Å². The van der Waals surface area contributed by atoms with E-state index >= 15 is 0 Å². The van der Waals surface area contributed by atoms with Crippen LogP contribution in [-0.2, 0) is 33.5 Å². The molecule has 2 aromatic rings. The minimum absolute atomic E-state index is 0.324. The van der Waals surface area contributed by atoms with E-state index < -0.39 is 0 Å². The first-order chi connectivity index (χ1) is 12.3. The van der Waals surface area contributed by atoms with E-state index in [9.17, 15) is 0 Å². The fourth-order valence-corrected chi connectivity index (χ4v) is 3.30. The van der Waals surface area contributed by atoms with Crippen molar-refractivity contribution < 1.29 is 18.9 Å². The first-order valence-electron chi connectivity index (χ1n) is 9.06. The SMILES string of the molecule is c1ccc(Oc2c(CC3CO3)ccc(CC3CO3)c2CC2CO2)cc1. The summed E-state index contributed by atoms with van der Waals surface area (Å²) in [5.41, 5.74) is 3.83. The van der Waals surface area contributed by atoms with Crippen LogP contribution in [-0.4, -0.2) is 38.1 Å². The average molecular weight is 338 g/mol. The molecule has 3 heterocycles. The normalized spacial score (nSPS) is 26.3. The van der Waals surface area contributed by atoms with E-state index in [1.165, 1.54) is 16.7 Å². The lowest BCUT2D eigenvalue weighted by atomic mass is 9.93. The van der Waals surface area contributed by atoms with Gasteiger partial charge in [-0.25, -0.2) is 0 Å². The van der Waals surface area contributed by atoms with Crippen molar-refractivity contribution in [3.63, 3.8) is 0 Å². The molecule has 3 unspecified atom stereocenters. The third-order valence-corrected chi connectivity index (χ3v) is 4.94. The van der Waals surface area contributed by atoms with Crippen molar-refractivity contribution in [1.29, 1.82) is 0 Å². The summed E-state index contributed by atoms with van der Waals surface area (Å²) in [5.74, 6) is 1.87. The third-order valence-electron chi connectivity index (χ3n) is 4.94. The first kappa shape index (κ1) is 15.4. The Morgan fingerprint density at radius 1 is 0.720 bits per heavy atom. The molecule has 0 amide bonds. The van der Waals surface area contributed by atoms with Crippen molar-refractivity contribution >= 4 is 0 Å². The average Bonchev–Trinajstić information content (AvgIpc) is 3.45. The molecule has 3 aliphatic rings. The van der Waals surface area contributed by atoms with Gasteiger partial charge in [-0.05, 0) is 23.3 Å². The van der Waals surface area contributed by atoms with Gasteiger partial charge in [0.25, 0.3) is 0 Å². The van der Waals surface area contributed by atoms with E-state index in [0.717, 1.165) is 50.6 Å². The van der Waals surface area contributed by atoms with Crippen LogP contribution in [0.2, 0.25) is 0 Å². The molecule has 0 aromatic heterocycles. The minimum Gasteiger partial charge on any atom is -0.457 e. The Kier molecular flexibility index (Phi) is 3.97. The van der Waals surface area contributed by atoms with Crippen LogP contribution >= 0.6 is 0 Å². The van der Waals surface area contributed by atoms with Crippen molar-refractivity contribution in [3.8, 4) is 11.5 Å². The quantitative estimate of drug-likeness (QED) is 0.693. The molecule has 0 N–H and O–H groups in total. The summed E-state index contributed by atoms with van der Waals surface area (Å²) >= 11 is 0. The Morgan fingerprint density at radius 3 is 1.92 bits per heavy atom. The van der Waals surface area contributed by atoms with Gasteiger partial charge in [0.1, 0.15) is 11.5 Å². The molecule has 0 radical (unpaired) electrons. The van der Waals surface area contributed by atoms with E-state index in [1.807, 2.05) is 30.3 Å². The van der Waals surface area contributed by atoms with Crippen molar-refractivity contribution in [2.24, 2.45) is 0 Å². The minimum atomic E-state index is 0.324. The number of benzene rings is 2. The Balaban J connectivity index is 1.53. The number of ether oxygens (including phenoxy) is 4. The summed E-state index contributed by atoms with van der Waals surface area (Å²) < 4.78 is 22.8. The monoisotopic (exact) mass is 338 g/mol. The fourth-order valence-electron chi connectivity index (χ4n) is 3.30. The van der Waals surface area contributed by atoms with Crippen molar-refractivity contribution in [2.75, 3.05) is 19.8 Å². The highest BCUT2D eigenvalue weighted by molar-refractivity contribution is 5.50. The third kappa shape index (κ3) is 3.87. The summed E-state index contributed by atoms with van der Waals surface area (Å²) in [7, 11) is 0. The van der Waals surface area contributed by atoms with Crippen molar-refractivity contribution in [2.45, 2.75) is 37.6 Å². The Hall–Kier alpha value is -1.88. The first-order valence-corrected chi connectivity index (χ1v) is 9.06. The molecule has 4 heteroatoms. The Bertz CT molecular complexity index is 746. The summed E-state index contributed by atoms with van der Waals surface area (Å²) in [6, 6.07) is 14.5. The molecule has 3 aliphatic heterocycles. The molecule has 5 rings (SSSR count). The summed E-state index contributed by atoms with van der Waals surface area (Å²) in [4.78, 5) is 0. The Labute approximate surface area is 147 Å². The van der Waals surface area contributed by atoms with Crippen LogP contribution in [0.3, 0.4) is 0 Å². The van der Waals surface area contributed by atoms with Crippen LogP contribution in [0.5, 0.6) is 11.5 Å². The molecule has 0 spiro atoms. The van der Waals surface area contributed by atoms with Crippen LogP contribution in [0, 0.1) is 0 Å². The zero-order valence-electron chi connectivity index (χ0n) is 14.1. The summed E-state index contributed by atoms with van der Waals surface area (Å²) in [5, 5.41) is 0. The second-order valence-corrected chi connectivity index (χ2v) is 7.09. The van der Waals surface area contributed by atoms with Gasteiger partial charge >= 0.3 is 0 Å². The number of hydrogen-bond donors (Lipinski definition) is 0. The van der Waals surface area contributed by atoms with Gasteiger partial charge in [0, 0.05) is 24.8 Å². The van der Waals surface area contributed by atoms with Gasteiger partial charge in [0.2, 0.25) is 0 Å². The molecule has 130 valence electrons. The Morgan fingerprint density at radius 2 is 1.28 bits per heavy atom. The number of hydrogen-bond acceptors (Lipinski definition) is 4. The molecule has 4 nitrogen and oxygen atoms in total. The molecule has 3 saturated heterocycles. The zero-order chi connectivity index (χ0) is 16.6. The number of rotatable bonds is 8. The second-order valence-electron chi connectivity index (χ2n) is 7.09. The number of epoxide rings is 3. The molecule has 0 aliphatic carbocycles. The lowest BCUT2D eigenvalue weighted by Crippen LogP contribution is -2.08. The summed E-state index contributed by atoms with van der Waals surface area (Å²) in [6.07, 6.45) is 3.78. The highest BCUT2D eigenvalue weighted by atomic mass is 16.6. The summed E-state index contributed by atoms with van der Waals surface area (Å²) in [6.45, 7) is 2.57. The molecular weight excluding hydrogens is 316 g/mol. The lowest BCUT2D eigenvalue weighted by Gasteiger charge is -2.19. The van der Waals surface area contributed by atoms with Gasteiger partial charge in [-0.1, -0.05) is 30.3 Å². The van der Waals surface area contributed by atoms with E-state index in [4.69, 9.17) is 18.9 Å². The molecule has 25 heavy (non-hydrogen) atoms. The predicted octanol–water partition coefficient (Wildman–Crippen LogP) is 3.30. The fraction of sp³-hybridized carbons (Fsp3) is 0.429. The van der Waals surface area contributed by atoms with Gasteiger partial charge in [-0.3, -0.25) is 0 Å². The maximum Gasteiger partial charge on any atom is 0.134 e. The highest BCUT2D eigenvalue weighted by Gasteiger charge is 2.32. The predicted molar refractivity (Wildman–Crippen MR) is 93.3 cm³/mol. The van der Waals surface area contributed by atoms with Gasteiger partial charge in [-0.2, -0.15) is 0 Å². The van der Waals surface area contributed by atoms with Crippen LogP contribution in [0.25, 0.3) is 0 Å². The van der Waals surface area contributed by atoms with Crippen LogP contribution in [0.15, 0.2) is 42.5 Å². The maximum atomic E-state index is 6.39. The van der Waals surface area contributed by atoms with E-state index in [0.29, 0.717) is 18.3 Å². The molecule has 3 atom stereocenters. The van der Waals surface area contributed by atoms with Gasteiger partial charge in [0.15, 0.2) is 0 Å². The van der Waals surface area contributed by atoms with E-state index in [2.05, 4.69) is 12.1 Å². The maximum absolute atomic E-state index is 6.39. The van der Waals surface area contributed by atoms with Crippen LogP contribution < -0.4 is 4.74 Å². The number of para-hydroxylation sites is 1. The van der Waals surface area contributed by atoms with Gasteiger partial charge < -0.3 is 18.9 Å². The smallest absolute Gasteiger partial charge is 0.134 e. The van der Waals surface area contributed by atoms with Crippen LogP contribution in [0.1, 0.15) is 16.7 Å². The lowest BCUT2D eigenvalue weighted by molar-refractivity contribution is 0.393. The molecule has 3 fully saturated rings. The topological polar surface area (TPSA) is 46.8 Å². The highest BCUT2D eigenvalue weighted by Crippen LogP contribution is 2.37. The van der Waals surface area contributed by atoms with Gasteiger partial charge in [-0.15, -0.1) is 0 Å². The van der Waals surface area contributed by atoms with Gasteiger partial charge in [0.05, 0.1) is 38.1 Å². The van der Waals surface area contributed by atoms with E-state index in [1.54, 1.807) is 0 Å². The molecular formula is C21H22O4. The molecule has 0 saturated carbocycles. The standard InChI is InChI=1S/C21H22O4/c1-2-4-16(5-3-1)25-21-15(9-18-12-23-18)7-6-14(8-17-11-22-17)20(21)10-19-13-24-19/h1-7,17-19H,8-13H2. The largest absolute Gasteiger partial charge is 0.457 e. The molecule has 2 aromatic carbocycles. The zero-order valence-corrected chi connectivity index (χ0v) is 14.1. The molecule has 0 bridgehead atoms. The van der Waals surface area contributed by atoms with E-state index in [-0.39, 0.29) is 0 Å².